The van der Waals surface area contributed by atoms with E-state index < -0.39 is 10.0 Å². The molecule has 0 bridgehead atoms. The zero-order chi connectivity index (χ0) is 19.4. The third-order valence-electron chi connectivity index (χ3n) is 5.16. The maximum atomic E-state index is 12.8. The molecule has 0 saturated carbocycles. The van der Waals surface area contributed by atoms with E-state index in [2.05, 4.69) is 25.0 Å². The van der Waals surface area contributed by atoms with Gasteiger partial charge in [-0.25, -0.2) is 13.4 Å². The third-order valence-corrected chi connectivity index (χ3v) is 7.05. The maximum Gasteiger partial charge on any atom is 0.244 e. The highest BCUT2D eigenvalue weighted by Gasteiger charge is 2.28. The molecule has 0 atom stereocenters. The van der Waals surface area contributed by atoms with Crippen LogP contribution >= 0.6 is 0 Å². The minimum atomic E-state index is -3.49. The van der Waals surface area contributed by atoms with Crippen molar-refractivity contribution < 1.29 is 13.2 Å². The lowest BCUT2D eigenvalue weighted by atomic mass is 10.3. The first-order valence-corrected chi connectivity index (χ1v) is 10.7. The van der Waals surface area contributed by atoms with E-state index in [-0.39, 0.29) is 10.8 Å². The van der Waals surface area contributed by atoms with Crippen LogP contribution in [0.1, 0.15) is 0 Å². The van der Waals surface area contributed by atoms with Crippen molar-refractivity contribution in [2.45, 2.75) is 4.90 Å². The molecule has 1 aromatic rings. The average molecular weight is 397 g/mol. The highest BCUT2D eigenvalue weighted by atomic mass is 32.2. The largest absolute Gasteiger partial charge is 0.358 e. The van der Waals surface area contributed by atoms with Gasteiger partial charge in [-0.05, 0) is 19.2 Å². The summed E-state index contributed by atoms with van der Waals surface area (Å²) in [5.74, 6) is 0.784. The number of anilines is 1. The predicted molar refractivity (Wildman–Crippen MR) is 103 cm³/mol. The van der Waals surface area contributed by atoms with Gasteiger partial charge in [0.15, 0.2) is 0 Å². The van der Waals surface area contributed by atoms with Gasteiger partial charge >= 0.3 is 0 Å². The Balaban J connectivity index is 1.60. The standard InChI is InChI=1S/C17H28N6O3S/c1-18-17(24)14-21-7-9-22(10-8-21)16-4-3-15(13-19-16)27(25,26)23-11-5-20(2)6-12-23/h3-4,13H,5-12,14H2,1-2H3,(H,18,24). The molecule has 9 nitrogen and oxygen atoms in total. The van der Waals surface area contributed by atoms with Crippen molar-refractivity contribution in [3.05, 3.63) is 18.3 Å². The van der Waals surface area contributed by atoms with Crippen LogP contribution in [0.3, 0.4) is 0 Å². The summed E-state index contributed by atoms with van der Waals surface area (Å²) in [5.41, 5.74) is 0. The number of rotatable bonds is 5. The Morgan fingerprint density at radius 1 is 1.07 bits per heavy atom. The molecule has 1 N–H and O–H groups in total. The summed E-state index contributed by atoms with van der Waals surface area (Å²) in [6.45, 7) is 5.97. The number of pyridine rings is 1. The van der Waals surface area contributed by atoms with Crippen molar-refractivity contribution in [2.24, 2.45) is 0 Å². The predicted octanol–water partition coefficient (Wildman–Crippen LogP) is -1.11. The topological polar surface area (TPSA) is 89.1 Å². The number of likely N-dealkylation sites (N-methyl/N-ethyl adjacent to an activating group) is 2. The minimum absolute atomic E-state index is 0.0139. The molecular formula is C17H28N6O3S. The zero-order valence-corrected chi connectivity index (χ0v) is 16.8. The molecule has 150 valence electrons. The monoisotopic (exact) mass is 396 g/mol. The van der Waals surface area contributed by atoms with Gasteiger partial charge in [-0.3, -0.25) is 9.69 Å². The van der Waals surface area contributed by atoms with E-state index in [1.807, 2.05) is 7.05 Å². The van der Waals surface area contributed by atoms with E-state index in [1.54, 1.807) is 19.2 Å². The number of hydrogen-bond acceptors (Lipinski definition) is 7. The number of piperazine rings is 2. The van der Waals surface area contributed by atoms with Gasteiger partial charge < -0.3 is 15.1 Å². The van der Waals surface area contributed by atoms with Gasteiger partial charge in [0.2, 0.25) is 15.9 Å². The number of hydrogen-bond donors (Lipinski definition) is 1. The molecule has 0 unspecified atom stereocenters. The lowest BCUT2D eigenvalue weighted by molar-refractivity contribution is -0.121. The van der Waals surface area contributed by atoms with Gasteiger partial charge in [0, 0.05) is 65.6 Å². The van der Waals surface area contributed by atoms with Gasteiger partial charge in [0.05, 0.1) is 6.54 Å². The SMILES string of the molecule is CNC(=O)CN1CCN(c2ccc(S(=O)(=O)N3CCN(C)CC3)cn2)CC1. The number of amides is 1. The average Bonchev–Trinajstić information content (AvgIpc) is 2.69. The fourth-order valence-electron chi connectivity index (χ4n) is 3.31. The highest BCUT2D eigenvalue weighted by Crippen LogP contribution is 2.20. The van der Waals surface area contributed by atoms with E-state index in [9.17, 15) is 13.2 Å². The lowest BCUT2D eigenvalue weighted by Gasteiger charge is -2.35. The second-order valence-electron chi connectivity index (χ2n) is 7.00. The Kier molecular flexibility index (Phi) is 6.30. The van der Waals surface area contributed by atoms with Crippen molar-refractivity contribution in [2.75, 3.05) is 77.9 Å². The summed E-state index contributed by atoms with van der Waals surface area (Å²) >= 11 is 0. The second-order valence-corrected chi connectivity index (χ2v) is 8.93. The first kappa shape index (κ1) is 20.0. The van der Waals surface area contributed by atoms with Crippen molar-refractivity contribution in [1.29, 1.82) is 0 Å². The van der Waals surface area contributed by atoms with Gasteiger partial charge in [-0.15, -0.1) is 0 Å². The van der Waals surface area contributed by atoms with E-state index >= 15 is 0 Å². The van der Waals surface area contributed by atoms with Crippen LogP contribution in [0.15, 0.2) is 23.2 Å². The molecule has 27 heavy (non-hydrogen) atoms. The van der Waals surface area contributed by atoms with Crippen LogP contribution in [0.5, 0.6) is 0 Å². The molecule has 0 radical (unpaired) electrons. The molecule has 2 aliphatic rings. The lowest BCUT2D eigenvalue weighted by Crippen LogP contribution is -2.49. The first-order valence-electron chi connectivity index (χ1n) is 9.23. The summed E-state index contributed by atoms with van der Waals surface area (Å²) in [6, 6.07) is 3.42. The van der Waals surface area contributed by atoms with Crippen LogP contribution in [0, 0.1) is 0 Å². The Bertz CT molecular complexity index is 738. The molecular weight excluding hydrogens is 368 g/mol. The molecule has 2 fully saturated rings. The van der Waals surface area contributed by atoms with Crippen molar-refractivity contribution in [3.63, 3.8) is 0 Å². The van der Waals surface area contributed by atoms with Crippen LogP contribution in [-0.2, 0) is 14.8 Å². The molecule has 0 spiro atoms. The summed E-state index contributed by atoms with van der Waals surface area (Å²) in [7, 11) is 0.149. The Labute approximate surface area is 161 Å². The molecule has 0 aliphatic carbocycles. The molecule has 1 aromatic heterocycles. The minimum Gasteiger partial charge on any atom is -0.358 e. The van der Waals surface area contributed by atoms with Gasteiger partial charge in [0.25, 0.3) is 0 Å². The van der Waals surface area contributed by atoms with Crippen molar-refractivity contribution in [1.82, 2.24) is 24.4 Å². The fraction of sp³-hybridized carbons (Fsp3) is 0.647. The summed E-state index contributed by atoms with van der Waals surface area (Å²) in [4.78, 5) is 22.4. The smallest absolute Gasteiger partial charge is 0.244 e. The van der Waals surface area contributed by atoms with E-state index in [0.717, 1.165) is 45.1 Å². The third kappa shape index (κ3) is 4.75. The molecule has 2 aliphatic heterocycles. The number of sulfonamides is 1. The summed E-state index contributed by atoms with van der Waals surface area (Å²) in [5, 5.41) is 2.63. The van der Waals surface area contributed by atoms with E-state index in [1.165, 1.54) is 10.5 Å². The Hall–Kier alpha value is -1.75. The van der Waals surface area contributed by atoms with Gasteiger partial charge in [0.1, 0.15) is 10.7 Å². The normalized spacial score (nSPS) is 20.6. The number of carbonyl (C=O) groups is 1. The molecule has 3 heterocycles. The Morgan fingerprint density at radius 3 is 2.30 bits per heavy atom. The molecule has 3 rings (SSSR count). The number of nitrogens with zero attached hydrogens (tertiary/aromatic N) is 5. The number of carbonyl (C=O) groups excluding carboxylic acids is 1. The first-order chi connectivity index (χ1) is 12.9. The van der Waals surface area contributed by atoms with E-state index in [4.69, 9.17) is 0 Å². The molecule has 2 saturated heterocycles. The van der Waals surface area contributed by atoms with Crippen LogP contribution in [0.25, 0.3) is 0 Å². The highest BCUT2D eigenvalue weighted by molar-refractivity contribution is 7.89. The van der Waals surface area contributed by atoms with Crippen LogP contribution in [-0.4, -0.2) is 106 Å². The van der Waals surface area contributed by atoms with Crippen molar-refractivity contribution >= 4 is 21.7 Å². The molecule has 1 amide bonds. The van der Waals surface area contributed by atoms with Gasteiger partial charge in [-0.2, -0.15) is 4.31 Å². The van der Waals surface area contributed by atoms with Crippen LogP contribution in [0.2, 0.25) is 0 Å². The molecule has 0 aromatic carbocycles. The van der Waals surface area contributed by atoms with E-state index in [0.29, 0.717) is 19.6 Å². The quantitative estimate of drug-likeness (QED) is 0.675. The fourth-order valence-corrected chi connectivity index (χ4v) is 4.67. The van der Waals surface area contributed by atoms with Crippen molar-refractivity contribution in [3.8, 4) is 0 Å². The maximum absolute atomic E-state index is 12.8. The zero-order valence-electron chi connectivity index (χ0n) is 16.0. The summed E-state index contributed by atoms with van der Waals surface area (Å²) < 4.78 is 27.1. The van der Waals surface area contributed by atoms with Crippen LogP contribution < -0.4 is 10.2 Å². The summed E-state index contributed by atoms with van der Waals surface area (Å²) in [6.07, 6.45) is 1.46. The number of nitrogens with one attached hydrogen (secondary N) is 1. The van der Waals surface area contributed by atoms with Crippen LogP contribution in [0.4, 0.5) is 5.82 Å². The Morgan fingerprint density at radius 2 is 1.74 bits per heavy atom. The molecule has 10 heteroatoms. The number of aromatic nitrogens is 1. The second kappa shape index (κ2) is 8.51. The van der Waals surface area contributed by atoms with Gasteiger partial charge in [-0.1, -0.05) is 0 Å².